The maximum absolute atomic E-state index is 11.5. The quantitative estimate of drug-likeness (QED) is 0.524. The van der Waals surface area contributed by atoms with E-state index in [2.05, 4.69) is 14.4 Å². The largest absolute Gasteiger partial charge is 0.376 e. The summed E-state index contributed by atoms with van der Waals surface area (Å²) in [5.41, 5.74) is 0.141. The lowest BCUT2D eigenvalue weighted by atomic mass is 10.7. The molecule has 0 aliphatic rings. The van der Waals surface area contributed by atoms with Gasteiger partial charge < -0.3 is 14.4 Å². The van der Waals surface area contributed by atoms with Crippen LogP contribution < -0.4 is 5.32 Å². The molecule has 0 radical (unpaired) electrons. The van der Waals surface area contributed by atoms with E-state index < -0.39 is 7.60 Å². The molecule has 0 aliphatic heterocycles. The fourth-order valence-electron chi connectivity index (χ4n) is 0.652. The minimum atomic E-state index is -3.29. The number of rotatable bonds is 5. The predicted molar refractivity (Wildman–Crippen MR) is 44.6 cm³/mol. The van der Waals surface area contributed by atoms with Crippen LogP contribution in [0.4, 0.5) is 0 Å². The van der Waals surface area contributed by atoms with Gasteiger partial charge in [0.1, 0.15) is 5.44 Å². The van der Waals surface area contributed by atoms with Crippen molar-refractivity contribution in [1.82, 2.24) is 5.32 Å². The molecular formula is C6H12NO4P. The van der Waals surface area contributed by atoms with Crippen LogP contribution in [-0.4, -0.2) is 20.6 Å². The number of hydrogen-bond donors (Lipinski definition) is 1. The first-order valence-electron chi connectivity index (χ1n) is 3.23. The first kappa shape index (κ1) is 11.4. The zero-order valence-electron chi connectivity index (χ0n) is 7.23. The highest BCUT2D eigenvalue weighted by molar-refractivity contribution is 7.58. The molecule has 0 bridgehead atoms. The van der Waals surface area contributed by atoms with Gasteiger partial charge in [0.25, 0.3) is 0 Å². The van der Waals surface area contributed by atoms with Gasteiger partial charge in [0.2, 0.25) is 6.41 Å². The van der Waals surface area contributed by atoms with Crippen molar-refractivity contribution in [3.05, 3.63) is 11.5 Å². The van der Waals surface area contributed by atoms with Gasteiger partial charge in [-0.15, -0.1) is 0 Å². The Labute approximate surface area is 71.3 Å². The molecule has 12 heavy (non-hydrogen) atoms. The third-order valence-corrected chi connectivity index (χ3v) is 3.19. The third-order valence-electron chi connectivity index (χ3n) is 1.26. The summed E-state index contributed by atoms with van der Waals surface area (Å²) in [6.45, 7) is 1.62. The van der Waals surface area contributed by atoms with Gasteiger partial charge in [0.05, 0.1) is 0 Å². The van der Waals surface area contributed by atoms with E-state index >= 15 is 0 Å². The molecule has 0 atom stereocenters. The van der Waals surface area contributed by atoms with Crippen LogP contribution >= 0.6 is 7.60 Å². The van der Waals surface area contributed by atoms with Crippen LogP contribution in [-0.2, 0) is 18.4 Å². The van der Waals surface area contributed by atoms with Crippen molar-refractivity contribution in [2.24, 2.45) is 0 Å². The van der Waals surface area contributed by atoms with Crippen molar-refractivity contribution in [2.75, 3.05) is 14.2 Å². The van der Waals surface area contributed by atoms with E-state index in [-0.39, 0.29) is 5.44 Å². The van der Waals surface area contributed by atoms with Crippen LogP contribution in [0.25, 0.3) is 0 Å². The molecule has 0 aromatic carbocycles. The SMILES string of the molecule is C/C=C(\NC=O)P(=O)(OC)OC. The molecule has 6 heteroatoms. The second kappa shape index (κ2) is 5.09. The van der Waals surface area contributed by atoms with Gasteiger partial charge in [0.15, 0.2) is 0 Å². The summed E-state index contributed by atoms with van der Waals surface area (Å²) in [4.78, 5) is 10.1. The molecule has 0 aliphatic carbocycles. The van der Waals surface area contributed by atoms with Gasteiger partial charge in [-0.25, -0.2) is 0 Å². The molecular weight excluding hydrogens is 181 g/mol. The van der Waals surface area contributed by atoms with E-state index in [0.29, 0.717) is 6.41 Å². The highest BCUT2D eigenvalue weighted by atomic mass is 31.2. The average Bonchev–Trinajstić information content (AvgIpc) is 2.13. The molecule has 0 spiro atoms. The summed E-state index contributed by atoms with van der Waals surface area (Å²) in [5, 5.41) is 2.24. The summed E-state index contributed by atoms with van der Waals surface area (Å²) in [7, 11) is -0.789. The Bertz CT molecular complexity index is 218. The van der Waals surface area contributed by atoms with Gasteiger partial charge in [0, 0.05) is 14.2 Å². The first-order chi connectivity index (χ1) is 5.64. The normalized spacial score (nSPS) is 12.8. The lowest BCUT2D eigenvalue weighted by Crippen LogP contribution is -2.11. The number of hydrogen-bond acceptors (Lipinski definition) is 4. The lowest BCUT2D eigenvalue weighted by molar-refractivity contribution is -0.108. The average molecular weight is 193 g/mol. The molecule has 0 fully saturated rings. The second-order valence-electron chi connectivity index (χ2n) is 1.80. The van der Waals surface area contributed by atoms with E-state index in [1.165, 1.54) is 20.3 Å². The second-order valence-corrected chi connectivity index (χ2v) is 4.01. The van der Waals surface area contributed by atoms with Crippen LogP contribution in [0.1, 0.15) is 6.92 Å². The standard InChI is InChI=1S/C6H12NO4P/c1-4-6(7-5-8)12(9,10-2)11-3/h4-5H,1-3H3,(H,7,8)/b6-4+. The number of carbonyl (C=O) groups is 1. The van der Waals surface area contributed by atoms with Crippen LogP contribution in [0.2, 0.25) is 0 Å². The highest BCUT2D eigenvalue weighted by Gasteiger charge is 2.26. The van der Waals surface area contributed by atoms with Crippen LogP contribution in [0, 0.1) is 0 Å². The maximum atomic E-state index is 11.5. The number of amides is 1. The Balaban J connectivity index is 4.69. The highest BCUT2D eigenvalue weighted by Crippen LogP contribution is 2.52. The maximum Gasteiger partial charge on any atom is 0.376 e. The van der Waals surface area contributed by atoms with Gasteiger partial charge >= 0.3 is 7.60 Å². The Morgan fingerprint density at radius 3 is 2.17 bits per heavy atom. The minimum Gasteiger partial charge on any atom is -0.322 e. The zero-order valence-corrected chi connectivity index (χ0v) is 8.13. The molecule has 0 heterocycles. The molecule has 1 N–H and O–H groups in total. The Morgan fingerprint density at radius 1 is 1.42 bits per heavy atom. The molecule has 1 amide bonds. The fourth-order valence-corrected chi connectivity index (χ4v) is 1.72. The molecule has 5 nitrogen and oxygen atoms in total. The van der Waals surface area contributed by atoms with E-state index in [0.717, 1.165) is 0 Å². The van der Waals surface area contributed by atoms with Gasteiger partial charge in [-0.05, 0) is 6.92 Å². The van der Waals surface area contributed by atoms with E-state index in [4.69, 9.17) is 0 Å². The fraction of sp³-hybridized carbons (Fsp3) is 0.500. The van der Waals surface area contributed by atoms with Crippen molar-refractivity contribution in [3.63, 3.8) is 0 Å². The molecule has 0 saturated carbocycles. The van der Waals surface area contributed by atoms with Crippen molar-refractivity contribution >= 4 is 14.0 Å². The number of carbonyl (C=O) groups excluding carboxylic acids is 1. The summed E-state index contributed by atoms with van der Waals surface area (Å²) in [6.07, 6.45) is 1.88. The number of nitrogens with one attached hydrogen (secondary N) is 1. The van der Waals surface area contributed by atoms with Crippen LogP contribution in [0.15, 0.2) is 11.5 Å². The Hall–Kier alpha value is -0.640. The van der Waals surface area contributed by atoms with Gasteiger partial charge in [-0.3, -0.25) is 9.36 Å². The smallest absolute Gasteiger partial charge is 0.322 e. The van der Waals surface area contributed by atoms with Gasteiger partial charge in [-0.2, -0.15) is 0 Å². The summed E-state index contributed by atoms with van der Waals surface area (Å²) in [6, 6.07) is 0. The van der Waals surface area contributed by atoms with Crippen molar-refractivity contribution in [3.8, 4) is 0 Å². The van der Waals surface area contributed by atoms with Gasteiger partial charge in [-0.1, -0.05) is 6.08 Å². The third kappa shape index (κ3) is 2.44. The van der Waals surface area contributed by atoms with Crippen LogP contribution in [0.5, 0.6) is 0 Å². The first-order valence-corrected chi connectivity index (χ1v) is 4.77. The zero-order chi connectivity index (χ0) is 9.61. The molecule has 0 aromatic heterocycles. The monoisotopic (exact) mass is 193 g/mol. The summed E-state index contributed by atoms with van der Waals surface area (Å²) < 4.78 is 20.8. The van der Waals surface area contributed by atoms with Crippen molar-refractivity contribution in [1.29, 1.82) is 0 Å². The van der Waals surface area contributed by atoms with E-state index in [1.807, 2.05) is 0 Å². The van der Waals surface area contributed by atoms with E-state index in [1.54, 1.807) is 6.92 Å². The molecule has 0 saturated heterocycles. The minimum absolute atomic E-state index is 0.141. The Morgan fingerprint density at radius 2 is 1.92 bits per heavy atom. The molecule has 70 valence electrons. The van der Waals surface area contributed by atoms with Crippen molar-refractivity contribution < 1.29 is 18.4 Å². The topological polar surface area (TPSA) is 64.6 Å². The molecule has 0 unspecified atom stereocenters. The summed E-state index contributed by atoms with van der Waals surface area (Å²) >= 11 is 0. The molecule has 0 rings (SSSR count). The Kier molecular flexibility index (Phi) is 4.81. The summed E-state index contributed by atoms with van der Waals surface area (Å²) in [5.74, 6) is 0. The molecule has 0 aromatic rings. The number of allylic oxidation sites excluding steroid dienone is 1. The van der Waals surface area contributed by atoms with Crippen LogP contribution in [0.3, 0.4) is 0 Å². The lowest BCUT2D eigenvalue weighted by Gasteiger charge is -2.15. The van der Waals surface area contributed by atoms with Crippen molar-refractivity contribution in [2.45, 2.75) is 6.92 Å². The predicted octanol–water partition coefficient (Wildman–Crippen LogP) is 1.08. The van der Waals surface area contributed by atoms with E-state index in [9.17, 15) is 9.36 Å².